The lowest BCUT2D eigenvalue weighted by Gasteiger charge is -2.45. The molecule has 134 valence electrons. The van der Waals surface area contributed by atoms with Crippen molar-refractivity contribution in [3.05, 3.63) is 0 Å². The van der Waals surface area contributed by atoms with Gasteiger partial charge >= 0.3 is 0 Å². The standard InChI is InChI=1S/C18H44N2Si2/c1-12-14(3)19(17(6,7)8)21-16(5)22-20(15(4)13-2)18(9,10)11/h14-16H,12-13,21-22H2,1-11H3. The van der Waals surface area contributed by atoms with Crippen LogP contribution >= 0.6 is 0 Å². The molecule has 0 spiro atoms. The summed E-state index contributed by atoms with van der Waals surface area (Å²) in [6.45, 7) is 26.4. The van der Waals surface area contributed by atoms with Crippen LogP contribution in [0.25, 0.3) is 0 Å². The van der Waals surface area contributed by atoms with Crippen LogP contribution in [0, 0.1) is 0 Å². The molecular formula is C18H44N2Si2. The average Bonchev–Trinajstić information content (AvgIpc) is 2.37. The second-order valence-electron chi connectivity index (χ2n) is 9.27. The summed E-state index contributed by atoms with van der Waals surface area (Å²) in [5.41, 5.74) is 0.653. The van der Waals surface area contributed by atoms with Crippen LogP contribution in [0.5, 0.6) is 0 Å². The third-order valence-corrected chi connectivity index (χ3v) is 11.7. The van der Waals surface area contributed by atoms with Crippen LogP contribution in [0.2, 0.25) is 5.16 Å². The Balaban J connectivity index is 4.97. The van der Waals surface area contributed by atoms with Gasteiger partial charge in [-0.1, -0.05) is 34.6 Å². The van der Waals surface area contributed by atoms with Gasteiger partial charge in [-0.3, -0.25) is 0 Å². The van der Waals surface area contributed by atoms with Crippen LogP contribution in [-0.2, 0) is 0 Å². The third-order valence-electron chi connectivity index (χ3n) is 4.99. The quantitative estimate of drug-likeness (QED) is 0.619. The Bertz CT molecular complexity index is 277. The molecule has 0 fully saturated rings. The molecule has 0 rings (SSSR count). The fraction of sp³-hybridized carbons (Fsp3) is 1.00. The van der Waals surface area contributed by atoms with Crippen LogP contribution in [0.4, 0.5) is 0 Å². The van der Waals surface area contributed by atoms with E-state index in [1.807, 2.05) is 0 Å². The first-order chi connectivity index (χ1) is 9.84. The molecular weight excluding hydrogens is 300 g/mol. The minimum absolute atomic E-state index is 0.200. The predicted octanol–water partition coefficient (Wildman–Crippen LogP) is 3.72. The van der Waals surface area contributed by atoms with E-state index in [2.05, 4.69) is 85.3 Å². The smallest absolute Gasteiger partial charge is 0.0969 e. The molecule has 0 N–H and O–H groups in total. The largest absolute Gasteiger partial charge is 0.322 e. The van der Waals surface area contributed by atoms with Gasteiger partial charge in [-0.2, -0.15) is 0 Å². The van der Waals surface area contributed by atoms with Crippen LogP contribution < -0.4 is 0 Å². The fourth-order valence-electron chi connectivity index (χ4n) is 3.40. The van der Waals surface area contributed by atoms with E-state index >= 15 is 0 Å². The maximum Gasteiger partial charge on any atom is 0.0969 e. The van der Waals surface area contributed by atoms with Gasteiger partial charge in [0.1, 0.15) is 0 Å². The minimum atomic E-state index is -0.200. The van der Waals surface area contributed by atoms with Crippen molar-refractivity contribution in [3.63, 3.8) is 0 Å². The summed E-state index contributed by atoms with van der Waals surface area (Å²) in [5, 5.41) is 0.960. The van der Waals surface area contributed by atoms with Crippen molar-refractivity contribution in [1.82, 2.24) is 9.13 Å². The molecule has 2 unspecified atom stereocenters. The zero-order valence-electron chi connectivity index (χ0n) is 17.5. The van der Waals surface area contributed by atoms with Crippen molar-refractivity contribution in [1.29, 1.82) is 0 Å². The summed E-state index contributed by atoms with van der Waals surface area (Å²) >= 11 is 0. The highest BCUT2D eigenvalue weighted by atomic mass is 28.3. The third kappa shape index (κ3) is 7.28. The highest BCUT2D eigenvalue weighted by Gasteiger charge is 2.31. The van der Waals surface area contributed by atoms with Crippen molar-refractivity contribution >= 4 is 19.4 Å². The first kappa shape index (κ1) is 22.4. The summed E-state index contributed by atoms with van der Waals surface area (Å²) in [6.07, 6.45) is 2.54. The Morgan fingerprint density at radius 2 is 0.955 bits per heavy atom. The fourth-order valence-corrected chi connectivity index (χ4v) is 9.21. The number of hydrogen-bond acceptors (Lipinski definition) is 2. The lowest BCUT2D eigenvalue weighted by atomic mass is 10.1. The Kier molecular flexibility index (Phi) is 9.14. The SMILES string of the molecule is CCC(C)N([SiH2]C(C)[SiH2]N(C(C)CC)C(C)(C)C)C(C)(C)C. The van der Waals surface area contributed by atoms with Crippen LogP contribution in [0.15, 0.2) is 0 Å². The number of hydrogen-bond donors (Lipinski definition) is 0. The normalized spacial score (nSPS) is 19.0. The molecule has 0 aliphatic carbocycles. The summed E-state index contributed by atoms with van der Waals surface area (Å²) in [6, 6.07) is 1.46. The molecule has 0 saturated heterocycles. The predicted molar refractivity (Wildman–Crippen MR) is 109 cm³/mol. The molecule has 2 atom stereocenters. The van der Waals surface area contributed by atoms with Gasteiger partial charge in [0.25, 0.3) is 0 Å². The second-order valence-corrected chi connectivity index (χ2v) is 15.3. The van der Waals surface area contributed by atoms with Crippen molar-refractivity contribution in [2.45, 2.75) is 117 Å². The summed E-state index contributed by atoms with van der Waals surface area (Å²) < 4.78 is 5.73. The molecule has 0 bridgehead atoms. The van der Waals surface area contributed by atoms with E-state index in [-0.39, 0.29) is 19.4 Å². The second kappa shape index (κ2) is 9.00. The molecule has 0 aromatic carbocycles. The van der Waals surface area contributed by atoms with Gasteiger partial charge in [-0.15, -0.1) is 0 Å². The van der Waals surface area contributed by atoms with Gasteiger partial charge < -0.3 is 9.13 Å². The van der Waals surface area contributed by atoms with E-state index in [0.717, 1.165) is 17.2 Å². The monoisotopic (exact) mass is 344 g/mol. The number of nitrogens with zero attached hydrogens (tertiary/aromatic N) is 2. The maximum atomic E-state index is 2.86. The van der Waals surface area contributed by atoms with Gasteiger partial charge in [-0.05, 0) is 71.6 Å². The minimum Gasteiger partial charge on any atom is -0.322 e. The zero-order valence-corrected chi connectivity index (χ0v) is 20.3. The molecule has 0 aromatic heterocycles. The molecule has 2 nitrogen and oxygen atoms in total. The molecule has 0 radical (unpaired) electrons. The van der Waals surface area contributed by atoms with Crippen molar-refractivity contribution in [2.75, 3.05) is 0 Å². The Hall–Kier alpha value is 0.354. The van der Waals surface area contributed by atoms with Gasteiger partial charge in [0, 0.05) is 11.1 Å². The number of rotatable bonds is 8. The highest BCUT2D eigenvalue weighted by molar-refractivity contribution is 6.56. The summed E-state index contributed by atoms with van der Waals surface area (Å²) in [7, 11) is -0.400. The van der Waals surface area contributed by atoms with Crippen molar-refractivity contribution < 1.29 is 0 Å². The summed E-state index contributed by atoms with van der Waals surface area (Å²) in [4.78, 5) is 0. The van der Waals surface area contributed by atoms with E-state index in [1.54, 1.807) is 0 Å². The molecule has 0 aliphatic rings. The van der Waals surface area contributed by atoms with E-state index in [4.69, 9.17) is 0 Å². The molecule has 0 amide bonds. The van der Waals surface area contributed by atoms with Gasteiger partial charge in [0.15, 0.2) is 0 Å². The molecule has 22 heavy (non-hydrogen) atoms. The van der Waals surface area contributed by atoms with Crippen LogP contribution in [0.1, 0.15) is 89.0 Å². The summed E-state index contributed by atoms with van der Waals surface area (Å²) in [5.74, 6) is 0. The highest BCUT2D eigenvalue weighted by Crippen LogP contribution is 2.24. The van der Waals surface area contributed by atoms with Gasteiger partial charge in [-0.25, -0.2) is 0 Å². The van der Waals surface area contributed by atoms with Gasteiger partial charge in [0.2, 0.25) is 0 Å². The Morgan fingerprint density at radius 1 is 0.682 bits per heavy atom. The zero-order chi connectivity index (χ0) is 17.7. The Labute approximate surface area is 146 Å². The topological polar surface area (TPSA) is 6.48 Å². The van der Waals surface area contributed by atoms with Crippen LogP contribution in [0.3, 0.4) is 0 Å². The lowest BCUT2D eigenvalue weighted by molar-refractivity contribution is 0.189. The lowest BCUT2D eigenvalue weighted by Crippen LogP contribution is -2.54. The van der Waals surface area contributed by atoms with E-state index in [9.17, 15) is 0 Å². The average molecular weight is 345 g/mol. The van der Waals surface area contributed by atoms with E-state index in [0.29, 0.717) is 11.1 Å². The Morgan fingerprint density at radius 3 is 1.14 bits per heavy atom. The van der Waals surface area contributed by atoms with Crippen molar-refractivity contribution in [3.8, 4) is 0 Å². The molecule has 0 aliphatic heterocycles. The van der Waals surface area contributed by atoms with Crippen molar-refractivity contribution in [2.24, 2.45) is 0 Å². The maximum absolute atomic E-state index is 2.86. The molecule has 0 saturated carbocycles. The first-order valence-corrected chi connectivity index (χ1v) is 12.3. The molecule has 4 heteroatoms. The van der Waals surface area contributed by atoms with Crippen LogP contribution in [-0.4, -0.2) is 51.7 Å². The van der Waals surface area contributed by atoms with E-state index in [1.165, 1.54) is 12.8 Å². The first-order valence-electron chi connectivity index (χ1n) is 9.38. The van der Waals surface area contributed by atoms with E-state index < -0.39 is 0 Å². The molecule has 0 heterocycles. The van der Waals surface area contributed by atoms with Gasteiger partial charge in [0.05, 0.1) is 19.4 Å². The molecule has 0 aromatic rings.